The third kappa shape index (κ3) is 4.84. The predicted octanol–water partition coefficient (Wildman–Crippen LogP) is 5.67. The van der Waals surface area contributed by atoms with E-state index in [1.807, 2.05) is 44.4 Å². The third-order valence-electron chi connectivity index (χ3n) is 5.19. The SMILES string of the molecule is CN(C)CCC(Oc1ccc2c(=O)c(-c3ccccc3)coc2c1)c1ccc(F)cc1. The van der Waals surface area contributed by atoms with Crippen LogP contribution in [0.5, 0.6) is 5.75 Å². The summed E-state index contributed by atoms with van der Waals surface area (Å²) in [4.78, 5) is 15.0. The first-order chi connectivity index (χ1) is 15.0. The molecule has 0 radical (unpaired) electrons. The molecule has 3 aromatic carbocycles. The number of hydrogen-bond acceptors (Lipinski definition) is 4. The summed E-state index contributed by atoms with van der Waals surface area (Å²) in [5, 5.41) is 0.500. The lowest BCUT2D eigenvalue weighted by Gasteiger charge is -2.21. The highest BCUT2D eigenvalue weighted by molar-refractivity contribution is 5.82. The molecule has 4 aromatic rings. The Morgan fingerprint density at radius 3 is 2.45 bits per heavy atom. The second-order valence-electron chi connectivity index (χ2n) is 7.75. The molecule has 158 valence electrons. The van der Waals surface area contributed by atoms with Gasteiger partial charge in [-0.1, -0.05) is 42.5 Å². The molecule has 0 N–H and O–H groups in total. The molecule has 0 saturated heterocycles. The molecule has 0 spiro atoms. The van der Waals surface area contributed by atoms with Crippen LogP contribution in [-0.4, -0.2) is 25.5 Å². The summed E-state index contributed by atoms with van der Waals surface area (Å²) in [7, 11) is 3.99. The van der Waals surface area contributed by atoms with E-state index in [1.54, 1.807) is 30.3 Å². The summed E-state index contributed by atoms with van der Waals surface area (Å²) in [5.41, 5.74) is 2.62. The van der Waals surface area contributed by atoms with Crippen LogP contribution in [0.15, 0.2) is 88.3 Å². The van der Waals surface area contributed by atoms with Crippen LogP contribution in [-0.2, 0) is 0 Å². The van der Waals surface area contributed by atoms with Crippen LogP contribution in [0, 0.1) is 5.82 Å². The number of ether oxygens (including phenoxy) is 1. The molecule has 0 amide bonds. The van der Waals surface area contributed by atoms with Crippen molar-refractivity contribution in [1.29, 1.82) is 0 Å². The van der Waals surface area contributed by atoms with Crippen molar-refractivity contribution in [3.63, 3.8) is 0 Å². The minimum absolute atomic E-state index is 0.0818. The first-order valence-electron chi connectivity index (χ1n) is 10.2. The number of halogens is 1. The highest BCUT2D eigenvalue weighted by Crippen LogP contribution is 2.28. The zero-order valence-corrected chi connectivity index (χ0v) is 17.5. The van der Waals surface area contributed by atoms with Gasteiger partial charge in [-0.25, -0.2) is 4.39 Å². The Morgan fingerprint density at radius 1 is 1.00 bits per heavy atom. The van der Waals surface area contributed by atoms with Crippen molar-refractivity contribution in [3.8, 4) is 16.9 Å². The Morgan fingerprint density at radius 2 is 1.74 bits per heavy atom. The van der Waals surface area contributed by atoms with E-state index in [4.69, 9.17) is 9.15 Å². The van der Waals surface area contributed by atoms with E-state index in [9.17, 15) is 9.18 Å². The summed E-state index contributed by atoms with van der Waals surface area (Å²) in [6.45, 7) is 0.811. The molecular formula is C26H24FNO3. The molecule has 0 aliphatic rings. The quantitative estimate of drug-likeness (QED) is 0.389. The van der Waals surface area contributed by atoms with Gasteiger partial charge in [-0.2, -0.15) is 0 Å². The molecule has 0 aliphatic heterocycles. The Hall–Kier alpha value is -3.44. The van der Waals surface area contributed by atoms with Crippen LogP contribution < -0.4 is 10.2 Å². The average Bonchev–Trinajstić information content (AvgIpc) is 2.78. The molecule has 0 bridgehead atoms. The van der Waals surface area contributed by atoms with E-state index < -0.39 is 0 Å². The largest absolute Gasteiger partial charge is 0.486 e. The summed E-state index contributed by atoms with van der Waals surface area (Å²) < 4.78 is 25.4. The maximum Gasteiger partial charge on any atom is 0.200 e. The molecule has 1 heterocycles. The van der Waals surface area contributed by atoms with Crippen molar-refractivity contribution < 1.29 is 13.5 Å². The van der Waals surface area contributed by atoms with Gasteiger partial charge in [0.05, 0.1) is 10.9 Å². The summed E-state index contributed by atoms with van der Waals surface area (Å²) in [6.07, 6.45) is 1.97. The Balaban J connectivity index is 1.64. The molecule has 1 unspecified atom stereocenters. The molecule has 4 rings (SSSR count). The van der Waals surface area contributed by atoms with Crippen molar-refractivity contribution in [2.45, 2.75) is 12.5 Å². The number of fused-ring (bicyclic) bond motifs is 1. The van der Waals surface area contributed by atoms with E-state index in [2.05, 4.69) is 4.90 Å². The van der Waals surface area contributed by atoms with E-state index in [1.165, 1.54) is 18.4 Å². The summed E-state index contributed by atoms with van der Waals surface area (Å²) in [6, 6.07) is 21.0. The highest BCUT2D eigenvalue weighted by atomic mass is 19.1. The van der Waals surface area contributed by atoms with Gasteiger partial charge in [0.2, 0.25) is 0 Å². The second kappa shape index (κ2) is 9.14. The Kier molecular flexibility index (Phi) is 6.14. The zero-order valence-electron chi connectivity index (χ0n) is 17.5. The number of benzene rings is 3. The topological polar surface area (TPSA) is 42.7 Å². The fourth-order valence-electron chi connectivity index (χ4n) is 3.51. The van der Waals surface area contributed by atoms with Crippen molar-refractivity contribution in [3.05, 3.63) is 101 Å². The minimum Gasteiger partial charge on any atom is -0.486 e. The minimum atomic E-state index is -0.281. The van der Waals surface area contributed by atoms with Crippen molar-refractivity contribution in [2.75, 3.05) is 20.6 Å². The van der Waals surface area contributed by atoms with Crippen LogP contribution in [0.4, 0.5) is 4.39 Å². The van der Waals surface area contributed by atoms with Crippen LogP contribution in [0.25, 0.3) is 22.1 Å². The van der Waals surface area contributed by atoms with Crippen LogP contribution >= 0.6 is 0 Å². The summed E-state index contributed by atoms with van der Waals surface area (Å²) >= 11 is 0. The molecule has 1 aromatic heterocycles. The van der Waals surface area contributed by atoms with Gasteiger partial charge in [-0.05, 0) is 49.5 Å². The monoisotopic (exact) mass is 417 g/mol. The van der Waals surface area contributed by atoms with Crippen molar-refractivity contribution >= 4 is 11.0 Å². The lowest BCUT2D eigenvalue weighted by atomic mass is 10.1. The van der Waals surface area contributed by atoms with Gasteiger partial charge < -0.3 is 14.1 Å². The van der Waals surface area contributed by atoms with Gasteiger partial charge in [0, 0.05) is 19.0 Å². The van der Waals surface area contributed by atoms with E-state index in [0.29, 0.717) is 22.3 Å². The number of rotatable bonds is 7. The lowest BCUT2D eigenvalue weighted by Crippen LogP contribution is -2.18. The van der Waals surface area contributed by atoms with Gasteiger partial charge in [-0.15, -0.1) is 0 Å². The normalized spacial score (nSPS) is 12.3. The zero-order chi connectivity index (χ0) is 21.8. The van der Waals surface area contributed by atoms with Gasteiger partial charge in [-0.3, -0.25) is 4.79 Å². The highest BCUT2D eigenvalue weighted by Gasteiger charge is 2.16. The van der Waals surface area contributed by atoms with E-state index in [0.717, 1.165) is 24.1 Å². The first-order valence-corrected chi connectivity index (χ1v) is 10.2. The molecule has 0 saturated carbocycles. The maximum absolute atomic E-state index is 13.4. The second-order valence-corrected chi connectivity index (χ2v) is 7.75. The third-order valence-corrected chi connectivity index (χ3v) is 5.19. The molecule has 0 fully saturated rings. The van der Waals surface area contributed by atoms with Gasteiger partial charge >= 0.3 is 0 Å². The molecule has 0 aliphatic carbocycles. The van der Waals surface area contributed by atoms with Crippen LogP contribution in [0.3, 0.4) is 0 Å². The smallest absolute Gasteiger partial charge is 0.200 e. The van der Waals surface area contributed by atoms with Gasteiger partial charge in [0.15, 0.2) is 5.43 Å². The molecule has 1 atom stereocenters. The Bertz CT molecular complexity index is 1220. The standard InChI is InChI=1S/C26H24FNO3/c1-28(2)15-14-24(19-8-10-20(27)11-9-19)31-21-12-13-22-25(16-21)30-17-23(26(22)29)18-6-4-3-5-7-18/h3-13,16-17,24H,14-15H2,1-2H3. The van der Waals surface area contributed by atoms with Gasteiger partial charge in [0.25, 0.3) is 0 Å². The first kappa shape index (κ1) is 20.8. The molecular weight excluding hydrogens is 393 g/mol. The van der Waals surface area contributed by atoms with Crippen LogP contribution in [0.1, 0.15) is 18.1 Å². The predicted molar refractivity (Wildman–Crippen MR) is 121 cm³/mol. The number of nitrogens with zero attached hydrogens (tertiary/aromatic N) is 1. The fraction of sp³-hybridized carbons (Fsp3) is 0.192. The fourth-order valence-corrected chi connectivity index (χ4v) is 3.51. The lowest BCUT2D eigenvalue weighted by molar-refractivity contribution is 0.179. The van der Waals surface area contributed by atoms with Crippen LogP contribution in [0.2, 0.25) is 0 Å². The molecule has 5 heteroatoms. The van der Waals surface area contributed by atoms with Crippen molar-refractivity contribution in [2.24, 2.45) is 0 Å². The average molecular weight is 417 g/mol. The summed E-state index contributed by atoms with van der Waals surface area (Å²) in [5.74, 6) is 0.313. The maximum atomic E-state index is 13.4. The van der Waals surface area contributed by atoms with E-state index in [-0.39, 0.29) is 17.3 Å². The molecule has 31 heavy (non-hydrogen) atoms. The van der Waals surface area contributed by atoms with Crippen molar-refractivity contribution in [1.82, 2.24) is 4.90 Å². The molecule has 4 nitrogen and oxygen atoms in total. The Labute approximate surface area is 180 Å². The number of hydrogen-bond donors (Lipinski definition) is 0. The van der Waals surface area contributed by atoms with E-state index >= 15 is 0 Å². The van der Waals surface area contributed by atoms with Gasteiger partial charge in [0.1, 0.15) is 29.5 Å².